The van der Waals surface area contributed by atoms with Crippen molar-refractivity contribution in [1.29, 1.82) is 0 Å². The van der Waals surface area contributed by atoms with Crippen LogP contribution in [0.1, 0.15) is 17.3 Å². The van der Waals surface area contributed by atoms with Crippen LogP contribution in [0.5, 0.6) is 0 Å². The summed E-state index contributed by atoms with van der Waals surface area (Å²) in [5.74, 6) is -0.613. The van der Waals surface area contributed by atoms with Gasteiger partial charge in [0.2, 0.25) is 0 Å². The SMILES string of the molecule is CC(=NC(=O)c1ccc(Br)cc1F)N(C)C. The third-order valence-corrected chi connectivity index (χ3v) is 2.57. The van der Waals surface area contributed by atoms with E-state index < -0.39 is 11.7 Å². The van der Waals surface area contributed by atoms with E-state index in [1.165, 1.54) is 12.1 Å². The first kappa shape index (κ1) is 12.8. The maximum atomic E-state index is 13.4. The molecule has 3 nitrogen and oxygen atoms in total. The Hall–Kier alpha value is -1.23. The molecule has 0 aliphatic rings. The van der Waals surface area contributed by atoms with Crippen molar-refractivity contribution in [2.24, 2.45) is 4.99 Å². The number of hydrogen-bond donors (Lipinski definition) is 0. The van der Waals surface area contributed by atoms with Gasteiger partial charge in [-0.25, -0.2) is 4.39 Å². The van der Waals surface area contributed by atoms with Crippen LogP contribution in [-0.4, -0.2) is 30.7 Å². The average molecular weight is 287 g/mol. The first-order valence-electron chi connectivity index (χ1n) is 4.64. The molecule has 0 aromatic heterocycles. The molecule has 0 radical (unpaired) electrons. The van der Waals surface area contributed by atoms with Crippen LogP contribution in [0.2, 0.25) is 0 Å². The number of carbonyl (C=O) groups is 1. The minimum atomic E-state index is -0.574. The second kappa shape index (κ2) is 5.21. The standard InChI is InChI=1S/C11H12BrFN2O/c1-7(15(2)3)14-11(16)9-5-4-8(12)6-10(9)13/h4-6H,1-3H3. The Morgan fingerprint density at radius 3 is 2.56 bits per heavy atom. The van der Waals surface area contributed by atoms with Crippen molar-refractivity contribution in [3.05, 3.63) is 34.1 Å². The number of aliphatic imine (C=N–C) groups is 1. The lowest BCUT2D eigenvalue weighted by Crippen LogP contribution is -2.20. The van der Waals surface area contributed by atoms with Gasteiger partial charge in [-0.15, -0.1) is 0 Å². The van der Waals surface area contributed by atoms with E-state index in [0.29, 0.717) is 10.3 Å². The second-order valence-corrected chi connectivity index (χ2v) is 4.40. The molecule has 5 heteroatoms. The zero-order valence-electron chi connectivity index (χ0n) is 9.29. The van der Waals surface area contributed by atoms with Gasteiger partial charge in [0.15, 0.2) is 0 Å². The van der Waals surface area contributed by atoms with Crippen molar-refractivity contribution in [1.82, 2.24) is 4.90 Å². The van der Waals surface area contributed by atoms with Crippen LogP contribution in [0.3, 0.4) is 0 Å². The number of hydrogen-bond acceptors (Lipinski definition) is 1. The van der Waals surface area contributed by atoms with Crippen LogP contribution < -0.4 is 0 Å². The molecule has 0 saturated heterocycles. The summed E-state index contributed by atoms with van der Waals surface area (Å²) in [6.45, 7) is 1.69. The number of carbonyl (C=O) groups excluding carboxylic acids is 1. The van der Waals surface area contributed by atoms with Gasteiger partial charge < -0.3 is 4.90 Å². The number of nitrogens with zero attached hydrogens (tertiary/aromatic N) is 2. The number of rotatable bonds is 1. The quantitative estimate of drug-likeness (QED) is 0.587. The summed E-state index contributed by atoms with van der Waals surface area (Å²) < 4.78 is 14.0. The van der Waals surface area contributed by atoms with Gasteiger partial charge in [0.1, 0.15) is 11.7 Å². The monoisotopic (exact) mass is 286 g/mol. The summed E-state index contributed by atoms with van der Waals surface area (Å²) in [5.41, 5.74) is -0.0237. The largest absolute Gasteiger partial charge is 0.366 e. The maximum Gasteiger partial charge on any atom is 0.281 e. The molecule has 0 atom stereocenters. The summed E-state index contributed by atoms with van der Waals surface area (Å²) in [6, 6.07) is 4.26. The first-order chi connectivity index (χ1) is 7.41. The molecule has 0 aliphatic carbocycles. The van der Waals surface area contributed by atoms with E-state index in [1.807, 2.05) is 0 Å². The Kier molecular flexibility index (Phi) is 4.18. The lowest BCUT2D eigenvalue weighted by Gasteiger charge is -2.10. The molecule has 86 valence electrons. The fraction of sp³-hybridized carbons (Fsp3) is 0.273. The molecule has 0 bridgehead atoms. The molecule has 0 N–H and O–H groups in total. The minimum absolute atomic E-state index is 0.0237. The summed E-state index contributed by atoms with van der Waals surface area (Å²) in [6.07, 6.45) is 0. The highest BCUT2D eigenvalue weighted by Gasteiger charge is 2.11. The van der Waals surface area contributed by atoms with Gasteiger partial charge in [-0.2, -0.15) is 4.99 Å². The van der Waals surface area contributed by atoms with Crippen molar-refractivity contribution in [3.8, 4) is 0 Å². The van der Waals surface area contributed by atoms with Gasteiger partial charge in [-0.05, 0) is 25.1 Å². The smallest absolute Gasteiger partial charge is 0.281 e. The van der Waals surface area contributed by atoms with E-state index in [4.69, 9.17) is 0 Å². The molecule has 0 spiro atoms. The molecule has 16 heavy (non-hydrogen) atoms. The second-order valence-electron chi connectivity index (χ2n) is 3.48. The van der Waals surface area contributed by atoms with Crippen LogP contribution in [0.4, 0.5) is 4.39 Å². The molecule has 0 saturated carbocycles. The third kappa shape index (κ3) is 3.13. The number of amidine groups is 1. The summed E-state index contributed by atoms with van der Waals surface area (Å²) >= 11 is 3.12. The molecule has 0 heterocycles. The molecule has 1 rings (SSSR count). The van der Waals surface area contributed by atoms with Gasteiger partial charge in [0, 0.05) is 18.6 Å². The van der Waals surface area contributed by atoms with Crippen molar-refractivity contribution < 1.29 is 9.18 Å². The van der Waals surface area contributed by atoms with Crippen LogP contribution in [0.15, 0.2) is 27.7 Å². The highest BCUT2D eigenvalue weighted by atomic mass is 79.9. The molecule has 0 aliphatic heterocycles. The Balaban J connectivity index is 3.02. The maximum absolute atomic E-state index is 13.4. The zero-order valence-corrected chi connectivity index (χ0v) is 10.9. The Labute approximate surface area is 102 Å². The van der Waals surface area contributed by atoms with E-state index in [-0.39, 0.29) is 5.56 Å². The van der Waals surface area contributed by atoms with Gasteiger partial charge >= 0.3 is 0 Å². The molecule has 1 amide bonds. The fourth-order valence-corrected chi connectivity index (χ4v) is 1.30. The normalized spacial score (nSPS) is 11.4. The molecule has 1 aromatic rings. The van der Waals surface area contributed by atoms with Crippen LogP contribution in [0.25, 0.3) is 0 Å². The van der Waals surface area contributed by atoms with E-state index >= 15 is 0 Å². The van der Waals surface area contributed by atoms with E-state index in [2.05, 4.69) is 20.9 Å². The number of amides is 1. The summed E-state index contributed by atoms with van der Waals surface area (Å²) in [5, 5.41) is 0. The van der Waals surface area contributed by atoms with Crippen molar-refractivity contribution in [2.45, 2.75) is 6.92 Å². The predicted molar refractivity (Wildman–Crippen MR) is 65.2 cm³/mol. The Morgan fingerprint density at radius 1 is 1.44 bits per heavy atom. The van der Waals surface area contributed by atoms with Gasteiger partial charge in [0.25, 0.3) is 5.91 Å². The van der Waals surface area contributed by atoms with Gasteiger partial charge in [-0.1, -0.05) is 15.9 Å². The first-order valence-corrected chi connectivity index (χ1v) is 5.43. The topological polar surface area (TPSA) is 32.7 Å². The van der Waals surface area contributed by atoms with Crippen molar-refractivity contribution in [2.75, 3.05) is 14.1 Å². The molecular formula is C11H12BrFN2O. The van der Waals surface area contributed by atoms with Gasteiger partial charge in [-0.3, -0.25) is 4.79 Å². The van der Waals surface area contributed by atoms with Crippen LogP contribution >= 0.6 is 15.9 Å². The Bertz CT molecular complexity index is 444. The summed E-state index contributed by atoms with van der Waals surface area (Å²) in [4.78, 5) is 17.1. The molecule has 0 fully saturated rings. The minimum Gasteiger partial charge on any atom is -0.366 e. The Morgan fingerprint density at radius 2 is 2.06 bits per heavy atom. The van der Waals surface area contributed by atoms with Gasteiger partial charge in [0.05, 0.1) is 5.56 Å². The fourth-order valence-electron chi connectivity index (χ4n) is 0.970. The van der Waals surface area contributed by atoms with E-state index in [1.54, 1.807) is 32.0 Å². The number of benzene rings is 1. The lowest BCUT2D eigenvalue weighted by molar-refractivity contribution is 0.0997. The highest BCUT2D eigenvalue weighted by molar-refractivity contribution is 9.10. The van der Waals surface area contributed by atoms with Crippen molar-refractivity contribution >= 4 is 27.7 Å². The highest BCUT2D eigenvalue weighted by Crippen LogP contribution is 2.16. The number of halogens is 2. The lowest BCUT2D eigenvalue weighted by atomic mass is 10.2. The zero-order chi connectivity index (χ0) is 12.3. The molecular weight excluding hydrogens is 275 g/mol. The molecule has 1 aromatic carbocycles. The van der Waals surface area contributed by atoms with E-state index in [9.17, 15) is 9.18 Å². The third-order valence-electron chi connectivity index (χ3n) is 2.07. The van der Waals surface area contributed by atoms with E-state index in [0.717, 1.165) is 0 Å². The van der Waals surface area contributed by atoms with Crippen LogP contribution in [0, 0.1) is 5.82 Å². The predicted octanol–water partition coefficient (Wildman–Crippen LogP) is 2.71. The van der Waals surface area contributed by atoms with Crippen LogP contribution in [-0.2, 0) is 0 Å². The average Bonchev–Trinajstić information content (AvgIpc) is 2.16. The van der Waals surface area contributed by atoms with Crippen molar-refractivity contribution in [3.63, 3.8) is 0 Å². The summed E-state index contributed by atoms with van der Waals surface area (Å²) in [7, 11) is 3.54. The molecule has 0 unspecified atom stereocenters.